The van der Waals surface area contributed by atoms with Crippen LogP contribution in [0.2, 0.25) is 0 Å². The zero-order chi connectivity index (χ0) is 14.5. The standard InChI is InChI=1S/C16H24O4/c1-4-15(2,3)14(18)20-12-6-10-5-11(12)16(7-10)8-13(17)19-9-16/h10-12H,4-9H2,1-3H3. The molecule has 1 heterocycles. The maximum Gasteiger partial charge on any atom is 0.311 e. The lowest BCUT2D eigenvalue weighted by Gasteiger charge is -2.37. The van der Waals surface area contributed by atoms with Crippen LogP contribution >= 0.6 is 0 Å². The quantitative estimate of drug-likeness (QED) is 0.746. The van der Waals surface area contributed by atoms with E-state index < -0.39 is 5.41 Å². The monoisotopic (exact) mass is 280 g/mol. The Hall–Kier alpha value is -1.06. The van der Waals surface area contributed by atoms with E-state index in [-0.39, 0.29) is 23.5 Å². The third-order valence-corrected chi connectivity index (χ3v) is 5.80. The summed E-state index contributed by atoms with van der Waals surface area (Å²) < 4.78 is 11.0. The summed E-state index contributed by atoms with van der Waals surface area (Å²) in [4.78, 5) is 23.8. The third kappa shape index (κ3) is 2.04. The van der Waals surface area contributed by atoms with Gasteiger partial charge in [0.1, 0.15) is 6.10 Å². The second-order valence-corrected chi connectivity index (χ2v) is 7.53. The molecule has 20 heavy (non-hydrogen) atoms. The molecule has 2 aliphatic carbocycles. The van der Waals surface area contributed by atoms with Gasteiger partial charge in [-0.25, -0.2) is 0 Å². The summed E-state index contributed by atoms with van der Waals surface area (Å²) in [5.74, 6) is 0.724. The average Bonchev–Trinajstić information content (AvgIpc) is 3.04. The molecule has 0 aromatic rings. The minimum atomic E-state index is -0.420. The van der Waals surface area contributed by atoms with Gasteiger partial charge < -0.3 is 9.47 Å². The van der Waals surface area contributed by atoms with E-state index in [4.69, 9.17) is 9.47 Å². The zero-order valence-electron chi connectivity index (χ0n) is 12.6. The molecule has 0 aromatic heterocycles. The summed E-state index contributed by atoms with van der Waals surface area (Å²) in [6.45, 7) is 6.40. The number of rotatable bonds is 3. The van der Waals surface area contributed by atoms with E-state index in [2.05, 4.69) is 0 Å². The van der Waals surface area contributed by atoms with Gasteiger partial charge in [-0.15, -0.1) is 0 Å². The summed E-state index contributed by atoms with van der Waals surface area (Å²) in [7, 11) is 0. The SMILES string of the molecule is CCC(C)(C)C(=O)OC1CC2CC1C1(COC(=O)C1)C2. The Morgan fingerprint density at radius 2 is 2.20 bits per heavy atom. The number of carbonyl (C=O) groups is 2. The first-order valence-electron chi connectivity index (χ1n) is 7.73. The number of carbonyl (C=O) groups excluding carboxylic acids is 2. The Kier molecular flexibility index (Phi) is 3.11. The molecule has 4 nitrogen and oxygen atoms in total. The summed E-state index contributed by atoms with van der Waals surface area (Å²) in [6, 6.07) is 0. The first-order valence-corrected chi connectivity index (χ1v) is 7.73. The van der Waals surface area contributed by atoms with Crippen molar-refractivity contribution in [2.45, 2.75) is 59.0 Å². The fourth-order valence-corrected chi connectivity index (χ4v) is 4.19. The van der Waals surface area contributed by atoms with E-state index in [1.165, 1.54) is 0 Å². The third-order valence-electron chi connectivity index (χ3n) is 5.80. The second kappa shape index (κ2) is 4.47. The van der Waals surface area contributed by atoms with Crippen LogP contribution in [0.1, 0.15) is 52.9 Å². The van der Waals surface area contributed by atoms with Gasteiger partial charge >= 0.3 is 11.9 Å². The molecular formula is C16H24O4. The van der Waals surface area contributed by atoms with Crippen LogP contribution in [0.5, 0.6) is 0 Å². The van der Waals surface area contributed by atoms with E-state index in [1.54, 1.807) is 0 Å². The Morgan fingerprint density at radius 1 is 1.45 bits per heavy atom. The van der Waals surface area contributed by atoms with Crippen molar-refractivity contribution in [2.24, 2.45) is 22.7 Å². The Bertz CT molecular complexity index is 442. The molecule has 4 unspecified atom stereocenters. The molecule has 4 heteroatoms. The number of cyclic esters (lactones) is 1. The molecule has 1 spiro atoms. The summed E-state index contributed by atoms with van der Waals surface area (Å²) >= 11 is 0. The van der Waals surface area contributed by atoms with E-state index in [9.17, 15) is 9.59 Å². The topological polar surface area (TPSA) is 52.6 Å². The van der Waals surface area contributed by atoms with Crippen LogP contribution in [0.4, 0.5) is 0 Å². The summed E-state index contributed by atoms with van der Waals surface area (Å²) in [5.41, 5.74) is -0.460. The zero-order valence-corrected chi connectivity index (χ0v) is 12.6. The van der Waals surface area contributed by atoms with Crippen molar-refractivity contribution >= 4 is 11.9 Å². The lowest BCUT2D eigenvalue weighted by atomic mass is 9.71. The van der Waals surface area contributed by atoms with Crippen molar-refractivity contribution in [1.82, 2.24) is 0 Å². The lowest BCUT2D eigenvalue weighted by Crippen LogP contribution is -2.41. The molecule has 112 valence electrons. The van der Waals surface area contributed by atoms with Gasteiger partial charge in [-0.2, -0.15) is 0 Å². The Balaban J connectivity index is 1.71. The van der Waals surface area contributed by atoms with Crippen molar-refractivity contribution in [3.8, 4) is 0 Å². The maximum absolute atomic E-state index is 12.3. The molecule has 1 aliphatic heterocycles. The number of hydrogen-bond acceptors (Lipinski definition) is 4. The van der Waals surface area contributed by atoms with Gasteiger partial charge in [-0.3, -0.25) is 9.59 Å². The minimum absolute atomic E-state index is 0.0124. The molecule has 2 saturated carbocycles. The highest BCUT2D eigenvalue weighted by Gasteiger charge is 2.60. The van der Waals surface area contributed by atoms with Crippen molar-refractivity contribution in [2.75, 3.05) is 6.61 Å². The van der Waals surface area contributed by atoms with Gasteiger partial charge in [-0.05, 0) is 45.4 Å². The Morgan fingerprint density at radius 3 is 2.75 bits per heavy atom. The van der Waals surface area contributed by atoms with Crippen molar-refractivity contribution < 1.29 is 19.1 Å². The summed E-state index contributed by atoms with van der Waals surface area (Å²) in [6.07, 6.45) is 4.39. The molecule has 2 bridgehead atoms. The molecular weight excluding hydrogens is 256 g/mol. The van der Waals surface area contributed by atoms with Gasteiger partial charge in [-0.1, -0.05) is 6.92 Å². The average molecular weight is 280 g/mol. The molecule has 3 fully saturated rings. The van der Waals surface area contributed by atoms with E-state index in [0.717, 1.165) is 25.7 Å². The number of hydrogen-bond donors (Lipinski definition) is 0. The fourth-order valence-electron chi connectivity index (χ4n) is 4.19. The van der Waals surface area contributed by atoms with Crippen molar-refractivity contribution in [3.05, 3.63) is 0 Å². The number of fused-ring (bicyclic) bond motifs is 3. The van der Waals surface area contributed by atoms with Crippen LogP contribution in [0.25, 0.3) is 0 Å². The van der Waals surface area contributed by atoms with Crippen LogP contribution in [0, 0.1) is 22.7 Å². The number of ether oxygens (including phenoxy) is 2. The molecule has 0 N–H and O–H groups in total. The first-order chi connectivity index (χ1) is 9.36. The molecule has 3 rings (SSSR count). The highest BCUT2D eigenvalue weighted by Crippen LogP contribution is 2.60. The predicted molar refractivity (Wildman–Crippen MR) is 72.8 cm³/mol. The molecule has 0 radical (unpaired) electrons. The van der Waals surface area contributed by atoms with Gasteiger partial charge in [0.25, 0.3) is 0 Å². The second-order valence-electron chi connectivity index (χ2n) is 7.53. The minimum Gasteiger partial charge on any atom is -0.465 e. The van der Waals surface area contributed by atoms with Crippen molar-refractivity contribution in [3.63, 3.8) is 0 Å². The van der Waals surface area contributed by atoms with E-state index in [0.29, 0.717) is 24.9 Å². The maximum atomic E-state index is 12.3. The summed E-state index contributed by atoms with van der Waals surface area (Å²) in [5, 5.41) is 0. The van der Waals surface area contributed by atoms with Crippen molar-refractivity contribution in [1.29, 1.82) is 0 Å². The first kappa shape index (κ1) is 13.9. The molecule has 1 saturated heterocycles. The normalized spacial score (nSPS) is 39.4. The Labute approximate surface area is 120 Å². The molecule has 0 aromatic carbocycles. The van der Waals surface area contributed by atoms with Crippen LogP contribution in [-0.2, 0) is 19.1 Å². The van der Waals surface area contributed by atoms with Crippen LogP contribution < -0.4 is 0 Å². The highest BCUT2D eigenvalue weighted by atomic mass is 16.6. The van der Waals surface area contributed by atoms with E-state index >= 15 is 0 Å². The largest absolute Gasteiger partial charge is 0.465 e. The van der Waals surface area contributed by atoms with Crippen LogP contribution in [-0.4, -0.2) is 24.6 Å². The highest BCUT2D eigenvalue weighted by molar-refractivity contribution is 5.76. The van der Waals surface area contributed by atoms with E-state index in [1.807, 2.05) is 20.8 Å². The van der Waals surface area contributed by atoms with Crippen LogP contribution in [0.3, 0.4) is 0 Å². The van der Waals surface area contributed by atoms with Gasteiger partial charge in [0.15, 0.2) is 0 Å². The molecule has 0 amide bonds. The molecule has 3 aliphatic rings. The van der Waals surface area contributed by atoms with Crippen LogP contribution in [0.15, 0.2) is 0 Å². The molecule has 4 atom stereocenters. The predicted octanol–water partition coefficient (Wildman–Crippen LogP) is 2.70. The van der Waals surface area contributed by atoms with Gasteiger partial charge in [0.05, 0.1) is 18.4 Å². The lowest BCUT2D eigenvalue weighted by molar-refractivity contribution is -0.165. The fraction of sp³-hybridized carbons (Fsp3) is 0.875. The smallest absolute Gasteiger partial charge is 0.311 e. The van der Waals surface area contributed by atoms with Gasteiger partial charge in [0, 0.05) is 11.3 Å². The van der Waals surface area contributed by atoms with Gasteiger partial charge in [0.2, 0.25) is 0 Å². The number of esters is 2.